The first-order chi connectivity index (χ1) is 15.3. The van der Waals surface area contributed by atoms with Crippen molar-refractivity contribution < 1.29 is 13.2 Å². The van der Waals surface area contributed by atoms with Crippen molar-refractivity contribution in [3.8, 4) is 0 Å². The van der Waals surface area contributed by atoms with Gasteiger partial charge in [-0.15, -0.1) is 0 Å². The molecule has 3 aromatic carbocycles. The van der Waals surface area contributed by atoms with E-state index >= 15 is 0 Å². The fraction of sp³-hybridized carbons (Fsp3) is 0.167. The molecule has 0 unspecified atom stereocenters. The molecule has 0 saturated carbocycles. The van der Waals surface area contributed by atoms with Gasteiger partial charge in [0.1, 0.15) is 0 Å². The molecule has 1 heterocycles. The van der Waals surface area contributed by atoms with Crippen LogP contribution >= 0.6 is 0 Å². The topological polar surface area (TPSA) is 93.1 Å². The second-order valence-electron chi connectivity index (χ2n) is 7.76. The number of benzene rings is 3. The summed E-state index contributed by atoms with van der Waals surface area (Å²) in [6.45, 7) is 2.87. The monoisotopic (exact) mass is 448 g/mol. The van der Waals surface area contributed by atoms with Crippen LogP contribution in [0.3, 0.4) is 0 Å². The van der Waals surface area contributed by atoms with Gasteiger partial charge in [0.25, 0.3) is 5.91 Å². The van der Waals surface area contributed by atoms with E-state index in [1.165, 1.54) is 0 Å². The quantitative estimate of drug-likeness (QED) is 0.451. The van der Waals surface area contributed by atoms with Crippen molar-refractivity contribution in [1.82, 2.24) is 14.9 Å². The number of carbonyl (C=O) groups is 1. The van der Waals surface area contributed by atoms with Gasteiger partial charge in [-0.25, -0.2) is 13.4 Å². The fourth-order valence-electron chi connectivity index (χ4n) is 3.45. The number of nitrogens with one attached hydrogen (secondary N) is 2. The molecule has 0 saturated heterocycles. The molecular weight excluding hydrogens is 424 g/mol. The second kappa shape index (κ2) is 8.84. The van der Waals surface area contributed by atoms with Gasteiger partial charge in [0, 0.05) is 18.7 Å². The van der Waals surface area contributed by atoms with Crippen LogP contribution in [0.1, 0.15) is 27.0 Å². The van der Waals surface area contributed by atoms with Gasteiger partial charge in [-0.3, -0.25) is 9.52 Å². The number of anilines is 1. The highest BCUT2D eigenvalue weighted by atomic mass is 32.2. The number of para-hydroxylation sites is 2. The minimum Gasteiger partial charge on any atom is -0.348 e. The molecular formula is C24H24N4O3S. The van der Waals surface area contributed by atoms with Crippen molar-refractivity contribution in [2.24, 2.45) is 0 Å². The second-order valence-corrected chi connectivity index (χ2v) is 9.51. The Kier molecular flexibility index (Phi) is 5.96. The molecule has 0 bridgehead atoms. The molecule has 0 aliphatic rings. The van der Waals surface area contributed by atoms with Crippen LogP contribution in [0.15, 0.2) is 73.1 Å². The molecule has 7 nitrogen and oxygen atoms in total. The molecule has 2 N–H and O–H groups in total. The maximum absolute atomic E-state index is 12.6. The summed E-state index contributed by atoms with van der Waals surface area (Å²) >= 11 is 0. The number of aryl methyl sites for hydroxylation is 1. The van der Waals surface area contributed by atoms with Gasteiger partial charge in [0.2, 0.25) is 10.0 Å². The third-order valence-corrected chi connectivity index (χ3v) is 5.74. The highest BCUT2D eigenvalue weighted by Gasteiger charge is 2.11. The number of amides is 1. The van der Waals surface area contributed by atoms with Crippen LogP contribution < -0.4 is 10.0 Å². The largest absolute Gasteiger partial charge is 0.348 e. The first-order valence-corrected chi connectivity index (χ1v) is 12.0. The molecule has 0 aliphatic carbocycles. The molecule has 1 amide bonds. The zero-order chi connectivity index (χ0) is 22.7. The lowest BCUT2D eigenvalue weighted by atomic mass is 10.1. The zero-order valence-electron chi connectivity index (χ0n) is 17.9. The Bertz CT molecular complexity index is 1380. The molecule has 0 radical (unpaired) electrons. The summed E-state index contributed by atoms with van der Waals surface area (Å²) in [7, 11) is -3.42. The summed E-state index contributed by atoms with van der Waals surface area (Å²) in [5, 5.41) is 2.88. The van der Waals surface area contributed by atoms with Crippen molar-refractivity contribution in [2.45, 2.75) is 20.0 Å². The van der Waals surface area contributed by atoms with E-state index < -0.39 is 10.0 Å². The SMILES string of the molecule is Cc1ccc(C(=O)NCc2ccc(Cn3cnc4ccccc43)cc2)cc1NS(C)(=O)=O. The van der Waals surface area contributed by atoms with E-state index in [0.717, 1.165) is 34.0 Å². The Morgan fingerprint density at radius 3 is 2.47 bits per heavy atom. The third-order valence-electron chi connectivity index (χ3n) is 5.15. The number of rotatable bonds is 7. The standard InChI is InChI=1S/C24H24N4O3S/c1-17-7-12-20(13-22(17)27-32(2,30)31)24(29)25-14-18-8-10-19(11-9-18)15-28-16-26-21-5-3-4-6-23(21)28/h3-13,16,27H,14-15H2,1-2H3,(H,25,29). The first kappa shape index (κ1) is 21.6. The molecule has 4 aromatic rings. The van der Waals surface area contributed by atoms with Crippen LogP contribution in [-0.2, 0) is 23.1 Å². The van der Waals surface area contributed by atoms with E-state index in [2.05, 4.69) is 19.6 Å². The minimum atomic E-state index is -3.42. The summed E-state index contributed by atoms with van der Waals surface area (Å²) in [5.41, 5.74) is 5.71. The fourth-order valence-corrected chi connectivity index (χ4v) is 4.07. The zero-order valence-corrected chi connectivity index (χ0v) is 18.7. The van der Waals surface area contributed by atoms with Gasteiger partial charge in [0.15, 0.2) is 0 Å². The van der Waals surface area contributed by atoms with Gasteiger partial charge in [0.05, 0.1) is 29.3 Å². The van der Waals surface area contributed by atoms with E-state index in [9.17, 15) is 13.2 Å². The van der Waals surface area contributed by atoms with Gasteiger partial charge in [-0.2, -0.15) is 0 Å². The minimum absolute atomic E-state index is 0.268. The maximum atomic E-state index is 12.6. The highest BCUT2D eigenvalue weighted by Crippen LogP contribution is 2.18. The predicted octanol–water partition coefficient (Wildman–Crippen LogP) is 3.69. The van der Waals surface area contributed by atoms with Crippen LogP contribution in [0.25, 0.3) is 11.0 Å². The Morgan fingerprint density at radius 2 is 1.72 bits per heavy atom. The lowest BCUT2D eigenvalue weighted by molar-refractivity contribution is 0.0951. The van der Waals surface area contributed by atoms with Crippen LogP contribution in [0.2, 0.25) is 0 Å². The predicted molar refractivity (Wildman–Crippen MR) is 126 cm³/mol. The molecule has 164 valence electrons. The first-order valence-electron chi connectivity index (χ1n) is 10.1. The lowest BCUT2D eigenvalue weighted by Gasteiger charge is -2.11. The number of hydrogen-bond donors (Lipinski definition) is 2. The van der Waals surface area contributed by atoms with E-state index in [0.29, 0.717) is 24.3 Å². The normalized spacial score (nSPS) is 11.4. The van der Waals surface area contributed by atoms with Crippen LogP contribution in [0.4, 0.5) is 5.69 Å². The summed E-state index contributed by atoms with van der Waals surface area (Å²) in [6.07, 6.45) is 2.92. The molecule has 8 heteroatoms. The molecule has 0 spiro atoms. The number of sulfonamides is 1. The van der Waals surface area contributed by atoms with Crippen molar-refractivity contribution in [3.63, 3.8) is 0 Å². The van der Waals surface area contributed by atoms with Crippen LogP contribution in [0.5, 0.6) is 0 Å². The summed E-state index contributed by atoms with van der Waals surface area (Å²) in [5.74, 6) is -0.268. The number of hydrogen-bond acceptors (Lipinski definition) is 4. The maximum Gasteiger partial charge on any atom is 0.251 e. The smallest absolute Gasteiger partial charge is 0.251 e. The van der Waals surface area contributed by atoms with Crippen molar-refractivity contribution >= 4 is 32.7 Å². The van der Waals surface area contributed by atoms with E-state index in [1.807, 2.05) is 54.9 Å². The van der Waals surface area contributed by atoms with Crippen LogP contribution in [-0.4, -0.2) is 30.1 Å². The van der Waals surface area contributed by atoms with Crippen molar-refractivity contribution in [3.05, 3.63) is 95.3 Å². The Hall–Kier alpha value is -3.65. The molecule has 0 aliphatic heterocycles. The highest BCUT2D eigenvalue weighted by molar-refractivity contribution is 7.92. The van der Waals surface area contributed by atoms with Crippen molar-refractivity contribution in [2.75, 3.05) is 11.0 Å². The van der Waals surface area contributed by atoms with Crippen molar-refractivity contribution in [1.29, 1.82) is 0 Å². The van der Waals surface area contributed by atoms with E-state index in [4.69, 9.17) is 0 Å². The average Bonchev–Trinajstić information content (AvgIpc) is 3.16. The third kappa shape index (κ3) is 5.15. The summed E-state index contributed by atoms with van der Waals surface area (Å²) in [4.78, 5) is 17.0. The molecule has 0 fully saturated rings. The lowest BCUT2D eigenvalue weighted by Crippen LogP contribution is -2.23. The van der Waals surface area contributed by atoms with E-state index in [-0.39, 0.29) is 5.91 Å². The molecule has 0 atom stereocenters. The molecule has 4 rings (SSSR count). The number of fused-ring (bicyclic) bond motifs is 1. The number of carbonyl (C=O) groups excluding carboxylic acids is 1. The number of imidazole rings is 1. The molecule has 32 heavy (non-hydrogen) atoms. The van der Waals surface area contributed by atoms with Gasteiger partial charge in [-0.1, -0.05) is 42.5 Å². The summed E-state index contributed by atoms with van der Waals surface area (Å²) < 4.78 is 27.6. The Balaban J connectivity index is 1.39. The van der Waals surface area contributed by atoms with E-state index in [1.54, 1.807) is 25.1 Å². The Morgan fingerprint density at radius 1 is 1.00 bits per heavy atom. The number of aromatic nitrogens is 2. The number of nitrogens with zero attached hydrogens (tertiary/aromatic N) is 2. The molecule has 1 aromatic heterocycles. The van der Waals surface area contributed by atoms with Gasteiger partial charge in [-0.05, 0) is 47.9 Å². The summed E-state index contributed by atoms with van der Waals surface area (Å²) in [6, 6.07) is 21.0. The van der Waals surface area contributed by atoms with Crippen LogP contribution in [0, 0.1) is 6.92 Å². The van der Waals surface area contributed by atoms with Gasteiger partial charge >= 0.3 is 0 Å². The Labute approximate surface area is 187 Å². The average molecular weight is 449 g/mol. The van der Waals surface area contributed by atoms with Gasteiger partial charge < -0.3 is 9.88 Å².